The Labute approximate surface area is 99.5 Å². The van der Waals surface area contributed by atoms with Crippen molar-refractivity contribution in [2.75, 3.05) is 5.32 Å². The number of nitrogens with two attached hydrogens (primary N) is 1. The molecule has 0 aromatic carbocycles. The van der Waals surface area contributed by atoms with Crippen molar-refractivity contribution in [1.29, 1.82) is 0 Å². The van der Waals surface area contributed by atoms with E-state index in [1.807, 2.05) is 16.8 Å². The summed E-state index contributed by atoms with van der Waals surface area (Å²) in [6, 6.07) is 1.96. The van der Waals surface area contributed by atoms with Gasteiger partial charge in [-0.15, -0.1) is 12.4 Å². The summed E-state index contributed by atoms with van der Waals surface area (Å²) in [5, 5.41) is 6.76. The Morgan fingerprint density at radius 3 is 2.87 bits per heavy atom. The molecule has 0 aliphatic heterocycles. The Kier molecular flexibility index (Phi) is 4.57. The summed E-state index contributed by atoms with van der Waals surface area (Å²) in [5.41, 5.74) is 6.74. The summed E-state index contributed by atoms with van der Waals surface area (Å²) in [5.74, 6) is 0.0864. The van der Waals surface area contributed by atoms with Crippen LogP contribution in [0.3, 0.4) is 0 Å². The second-order valence-electron chi connectivity index (χ2n) is 3.70. The minimum absolute atomic E-state index is 0. The van der Waals surface area contributed by atoms with Crippen LogP contribution in [0.2, 0.25) is 0 Å². The van der Waals surface area contributed by atoms with Crippen molar-refractivity contribution in [2.45, 2.75) is 25.3 Å². The van der Waals surface area contributed by atoms with Gasteiger partial charge in [0.25, 0.3) is 0 Å². The Balaban J connectivity index is 0.00000112. The van der Waals surface area contributed by atoms with Gasteiger partial charge in [-0.25, -0.2) is 0 Å². The summed E-state index contributed by atoms with van der Waals surface area (Å²) < 4.78 is 0. The minimum Gasteiger partial charge on any atom is -0.327 e. The van der Waals surface area contributed by atoms with Gasteiger partial charge in [-0.3, -0.25) is 4.79 Å². The summed E-state index contributed by atoms with van der Waals surface area (Å²) in [4.78, 5) is 11.7. The molecule has 0 saturated heterocycles. The van der Waals surface area contributed by atoms with Crippen LogP contribution in [-0.4, -0.2) is 11.9 Å². The number of hydrogen-bond donors (Lipinski definition) is 2. The number of carbonyl (C=O) groups is 1. The van der Waals surface area contributed by atoms with Crippen molar-refractivity contribution in [3.63, 3.8) is 0 Å². The largest absolute Gasteiger partial charge is 0.327 e. The first-order valence-electron chi connectivity index (χ1n) is 4.86. The van der Waals surface area contributed by atoms with Gasteiger partial charge in [0.1, 0.15) is 0 Å². The quantitative estimate of drug-likeness (QED) is 0.841. The first kappa shape index (κ1) is 12.5. The lowest BCUT2D eigenvalue weighted by Gasteiger charge is -2.14. The predicted molar refractivity (Wildman–Crippen MR) is 65.5 cm³/mol. The van der Waals surface area contributed by atoms with E-state index < -0.39 is 0 Å². The Morgan fingerprint density at radius 2 is 2.33 bits per heavy atom. The molecular formula is C10H15ClN2OS. The van der Waals surface area contributed by atoms with E-state index in [2.05, 4.69) is 5.32 Å². The molecule has 15 heavy (non-hydrogen) atoms. The number of anilines is 1. The molecule has 1 fully saturated rings. The zero-order valence-electron chi connectivity index (χ0n) is 8.31. The van der Waals surface area contributed by atoms with Gasteiger partial charge in [0.05, 0.1) is 11.6 Å². The molecular weight excluding hydrogens is 232 g/mol. The van der Waals surface area contributed by atoms with Gasteiger partial charge >= 0.3 is 0 Å². The molecule has 1 heterocycles. The third kappa shape index (κ3) is 2.93. The number of rotatable bonds is 2. The van der Waals surface area contributed by atoms with Crippen molar-refractivity contribution in [1.82, 2.24) is 0 Å². The maximum Gasteiger partial charge on any atom is 0.229 e. The van der Waals surface area contributed by atoms with Gasteiger partial charge in [0.15, 0.2) is 0 Å². The van der Waals surface area contributed by atoms with Crippen LogP contribution in [0.25, 0.3) is 0 Å². The standard InChI is InChI=1S/C10H14N2OS.ClH/c11-9-3-1-2-8(9)10(13)12-7-4-5-14-6-7;/h4-6,8-9H,1-3,11H2,(H,12,13);1H. The van der Waals surface area contributed by atoms with Crippen LogP contribution < -0.4 is 11.1 Å². The second kappa shape index (κ2) is 5.49. The molecule has 0 spiro atoms. The molecule has 0 bridgehead atoms. The molecule has 0 radical (unpaired) electrons. The fourth-order valence-electron chi connectivity index (χ4n) is 1.88. The molecule has 2 rings (SSSR count). The van der Waals surface area contributed by atoms with Gasteiger partial charge in [-0.2, -0.15) is 11.3 Å². The number of halogens is 1. The second-order valence-corrected chi connectivity index (χ2v) is 4.48. The zero-order valence-corrected chi connectivity index (χ0v) is 9.94. The highest BCUT2D eigenvalue weighted by molar-refractivity contribution is 7.08. The van der Waals surface area contributed by atoms with Crippen molar-refractivity contribution in [2.24, 2.45) is 11.7 Å². The maximum atomic E-state index is 11.7. The molecule has 5 heteroatoms. The predicted octanol–water partition coefficient (Wildman–Crippen LogP) is 2.24. The van der Waals surface area contributed by atoms with Crippen molar-refractivity contribution < 1.29 is 4.79 Å². The molecule has 2 unspecified atom stereocenters. The summed E-state index contributed by atoms with van der Waals surface area (Å²) in [7, 11) is 0. The van der Waals surface area contributed by atoms with E-state index in [1.165, 1.54) is 0 Å². The molecule has 2 atom stereocenters. The highest BCUT2D eigenvalue weighted by atomic mass is 35.5. The van der Waals surface area contributed by atoms with E-state index in [1.54, 1.807) is 11.3 Å². The van der Waals surface area contributed by atoms with Gasteiger partial charge in [-0.1, -0.05) is 6.42 Å². The van der Waals surface area contributed by atoms with Crippen LogP contribution in [0, 0.1) is 5.92 Å². The Hall–Kier alpha value is -0.580. The van der Waals surface area contributed by atoms with E-state index in [9.17, 15) is 4.79 Å². The third-order valence-corrected chi connectivity index (χ3v) is 3.38. The van der Waals surface area contributed by atoms with Crippen molar-refractivity contribution in [3.8, 4) is 0 Å². The fourth-order valence-corrected chi connectivity index (χ4v) is 2.47. The molecule has 3 N–H and O–H groups in total. The number of nitrogens with one attached hydrogen (secondary N) is 1. The lowest BCUT2D eigenvalue weighted by molar-refractivity contribution is -0.120. The van der Waals surface area contributed by atoms with Crippen LogP contribution in [0.1, 0.15) is 19.3 Å². The lowest BCUT2D eigenvalue weighted by Crippen LogP contribution is -2.34. The third-order valence-electron chi connectivity index (χ3n) is 2.69. The average Bonchev–Trinajstić information content (AvgIpc) is 2.75. The molecule has 1 saturated carbocycles. The van der Waals surface area contributed by atoms with Crippen LogP contribution in [0.4, 0.5) is 5.69 Å². The van der Waals surface area contributed by atoms with Gasteiger partial charge < -0.3 is 11.1 Å². The normalized spacial score (nSPS) is 24.6. The number of thiophene rings is 1. The van der Waals surface area contributed by atoms with Crippen LogP contribution >= 0.6 is 23.7 Å². The van der Waals surface area contributed by atoms with Crippen molar-refractivity contribution >= 4 is 35.3 Å². The first-order chi connectivity index (χ1) is 6.77. The molecule has 1 aromatic rings. The fraction of sp³-hybridized carbons (Fsp3) is 0.500. The van der Waals surface area contributed by atoms with E-state index in [4.69, 9.17) is 5.73 Å². The maximum absolute atomic E-state index is 11.7. The Morgan fingerprint density at radius 1 is 1.53 bits per heavy atom. The van der Waals surface area contributed by atoms with E-state index >= 15 is 0 Å². The highest BCUT2D eigenvalue weighted by Crippen LogP contribution is 2.25. The lowest BCUT2D eigenvalue weighted by atomic mass is 10.0. The van der Waals surface area contributed by atoms with Gasteiger partial charge in [0, 0.05) is 11.4 Å². The molecule has 1 aromatic heterocycles. The molecule has 84 valence electrons. The van der Waals surface area contributed by atoms with Crippen molar-refractivity contribution in [3.05, 3.63) is 16.8 Å². The molecule has 3 nitrogen and oxygen atoms in total. The molecule has 1 amide bonds. The minimum atomic E-state index is 0. The van der Waals surface area contributed by atoms with Crippen LogP contribution in [0.5, 0.6) is 0 Å². The highest BCUT2D eigenvalue weighted by Gasteiger charge is 2.30. The number of hydrogen-bond acceptors (Lipinski definition) is 3. The van der Waals surface area contributed by atoms with Crippen LogP contribution in [0.15, 0.2) is 16.8 Å². The first-order valence-corrected chi connectivity index (χ1v) is 5.80. The average molecular weight is 247 g/mol. The number of amides is 1. The molecule has 1 aliphatic rings. The SMILES string of the molecule is Cl.NC1CCCC1C(=O)Nc1ccsc1. The van der Waals surface area contributed by atoms with E-state index in [-0.39, 0.29) is 30.3 Å². The van der Waals surface area contributed by atoms with Gasteiger partial charge in [-0.05, 0) is 24.3 Å². The van der Waals surface area contributed by atoms with Crippen LogP contribution in [-0.2, 0) is 4.79 Å². The van der Waals surface area contributed by atoms with Gasteiger partial charge in [0.2, 0.25) is 5.91 Å². The monoisotopic (exact) mass is 246 g/mol. The summed E-state index contributed by atoms with van der Waals surface area (Å²) >= 11 is 1.58. The summed E-state index contributed by atoms with van der Waals surface area (Å²) in [6.07, 6.45) is 2.97. The Bertz CT molecular complexity index is 315. The van der Waals surface area contributed by atoms with E-state index in [0.29, 0.717) is 0 Å². The van der Waals surface area contributed by atoms with E-state index in [0.717, 1.165) is 24.9 Å². The topological polar surface area (TPSA) is 55.1 Å². The molecule has 1 aliphatic carbocycles. The number of carbonyl (C=O) groups excluding carboxylic acids is 1. The zero-order chi connectivity index (χ0) is 9.97. The smallest absolute Gasteiger partial charge is 0.229 e. The summed E-state index contributed by atoms with van der Waals surface area (Å²) in [6.45, 7) is 0.